The molecule has 14 heavy (non-hydrogen) atoms. The first-order valence-corrected chi connectivity index (χ1v) is 5.10. The third-order valence-corrected chi connectivity index (χ3v) is 2.48. The van der Waals surface area contributed by atoms with Gasteiger partial charge in [0.2, 0.25) is 0 Å². The Balaban J connectivity index is 2.63. The number of carbonyl (C=O) groups excluding carboxylic acids is 1. The highest BCUT2D eigenvalue weighted by Crippen LogP contribution is 2.20. The molecule has 0 aromatic rings. The highest BCUT2D eigenvalue weighted by Gasteiger charge is 2.18. The van der Waals surface area contributed by atoms with Crippen LogP contribution in [0, 0.1) is 0 Å². The van der Waals surface area contributed by atoms with Crippen LogP contribution in [0.15, 0.2) is 36.5 Å². The summed E-state index contributed by atoms with van der Waals surface area (Å²) >= 11 is 4.35. The Labute approximate surface area is 89.7 Å². The van der Waals surface area contributed by atoms with E-state index in [0.717, 1.165) is 12.8 Å². The molecule has 0 fully saturated rings. The smallest absolute Gasteiger partial charge is 0.335 e. The van der Waals surface area contributed by atoms with Crippen LogP contribution in [0.25, 0.3) is 0 Å². The van der Waals surface area contributed by atoms with Crippen LogP contribution in [-0.2, 0) is 9.53 Å². The van der Waals surface area contributed by atoms with Crippen LogP contribution in [0.3, 0.4) is 0 Å². The van der Waals surface area contributed by atoms with Crippen molar-refractivity contribution in [1.29, 1.82) is 0 Å². The van der Waals surface area contributed by atoms with E-state index < -0.39 is 0 Å². The molecule has 1 aliphatic rings. The van der Waals surface area contributed by atoms with Crippen molar-refractivity contribution in [2.75, 3.05) is 6.61 Å². The van der Waals surface area contributed by atoms with Crippen LogP contribution in [-0.4, -0.2) is 17.8 Å². The summed E-state index contributed by atoms with van der Waals surface area (Å²) in [5.41, 5.74) is 0.629. The summed E-state index contributed by atoms with van der Waals surface area (Å²) in [6.45, 7) is 3.74. The van der Waals surface area contributed by atoms with Gasteiger partial charge in [-0.3, -0.25) is 0 Å². The fourth-order valence-electron chi connectivity index (χ4n) is 1.21. The largest absolute Gasteiger partial charge is 0.458 e. The molecule has 0 amide bonds. The van der Waals surface area contributed by atoms with Gasteiger partial charge in [0.1, 0.15) is 6.61 Å². The van der Waals surface area contributed by atoms with Crippen molar-refractivity contribution in [2.45, 2.75) is 18.1 Å². The normalized spacial score (nSPS) is 20.9. The molecule has 3 heteroatoms. The van der Waals surface area contributed by atoms with Crippen LogP contribution in [0.5, 0.6) is 0 Å². The average Bonchev–Trinajstić information content (AvgIpc) is 2.39. The monoisotopic (exact) mass is 210 g/mol. The lowest BCUT2D eigenvalue weighted by atomic mass is 10.1. The second kappa shape index (κ2) is 5.70. The van der Waals surface area contributed by atoms with Gasteiger partial charge in [-0.1, -0.05) is 30.9 Å². The summed E-state index contributed by atoms with van der Waals surface area (Å²) in [4.78, 5) is 11.5. The standard InChI is InChI=1S/C11H14O2S/c1-2-8-13-11(12)9-6-4-3-5-7-10(9)14/h2-4,6,10,14H,1,5,7-8H2. The van der Waals surface area contributed by atoms with Gasteiger partial charge in [-0.15, -0.1) is 0 Å². The van der Waals surface area contributed by atoms with Crippen molar-refractivity contribution in [3.05, 3.63) is 36.5 Å². The molecule has 76 valence electrons. The van der Waals surface area contributed by atoms with E-state index in [0.29, 0.717) is 5.57 Å². The number of thiol groups is 1. The van der Waals surface area contributed by atoms with Gasteiger partial charge in [-0.25, -0.2) is 4.79 Å². The van der Waals surface area contributed by atoms with Gasteiger partial charge in [0.15, 0.2) is 0 Å². The van der Waals surface area contributed by atoms with Crippen molar-refractivity contribution < 1.29 is 9.53 Å². The number of esters is 1. The van der Waals surface area contributed by atoms with Crippen molar-refractivity contribution in [3.63, 3.8) is 0 Å². The van der Waals surface area contributed by atoms with Crippen LogP contribution in [0.1, 0.15) is 12.8 Å². The number of carbonyl (C=O) groups is 1. The van der Waals surface area contributed by atoms with Crippen LogP contribution in [0.2, 0.25) is 0 Å². The number of rotatable bonds is 3. The van der Waals surface area contributed by atoms with Gasteiger partial charge < -0.3 is 4.74 Å². The third-order valence-electron chi connectivity index (χ3n) is 1.95. The number of ether oxygens (including phenoxy) is 1. The minimum absolute atomic E-state index is 0.0256. The van der Waals surface area contributed by atoms with Crippen molar-refractivity contribution in [1.82, 2.24) is 0 Å². The minimum Gasteiger partial charge on any atom is -0.458 e. The maximum Gasteiger partial charge on any atom is 0.335 e. The molecule has 1 atom stereocenters. The zero-order chi connectivity index (χ0) is 10.4. The number of hydrogen-bond acceptors (Lipinski definition) is 3. The highest BCUT2D eigenvalue weighted by atomic mass is 32.1. The van der Waals surface area contributed by atoms with Gasteiger partial charge >= 0.3 is 5.97 Å². The molecule has 0 saturated carbocycles. The third kappa shape index (κ3) is 3.07. The molecule has 2 nitrogen and oxygen atoms in total. The molecular weight excluding hydrogens is 196 g/mol. The fourth-order valence-corrected chi connectivity index (χ4v) is 1.55. The summed E-state index contributed by atoms with van der Waals surface area (Å²) in [6, 6.07) is 0. The van der Waals surface area contributed by atoms with E-state index in [-0.39, 0.29) is 17.8 Å². The second-order valence-corrected chi connectivity index (χ2v) is 3.65. The molecule has 1 unspecified atom stereocenters. The van der Waals surface area contributed by atoms with Gasteiger partial charge in [-0.05, 0) is 12.8 Å². The van der Waals surface area contributed by atoms with Crippen LogP contribution < -0.4 is 0 Å². The van der Waals surface area contributed by atoms with E-state index >= 15 is 0 Å². The van der Waals surface area contributed by atoms with E-state index in [4.69, 9.17) is 4.74 Å². The Morgan fingerprint density at radius 2 is 2.57 bits per heavy atom. The van der Waals surface area contributed by atoms with Crippen molar-refractivity contribution in [3.8, 4) is 0 Å². The van der Waals surface area contributed by atoms with Crippen molar-refractivity contribution >= 4 is 18.6 Å². The van der Waals surface area contributed by atoms with Crippen molar-refractivity contribution in [2.24, 2.45) is 0 Å². The Morgan fingerprint density at radius 3 is 3.29 bits per heavy atom. The average molecular weight is 210 g/mol. The molecule has 1 rings (SSSR count). The predicted octanol–water partition coefficient (Wildman–Crippen LogP) is 2.29. The lowest BCUT2D eigenvalue weighted by Crippen LogP contribution is -2.15. The van der Waals surface area contributed by atoms with E-state index in [1.807, 2.05) is 12.2 Å². The SMILES string of the molecule is C=CCOC(=O)C1=CC=CCCC1S. The lowest BCUT2D eigenvalue weighted by molar-refractivity contribution is -0.137. The number of allylic oxidation sites excluding steroid dienone is 3. The fraction of sp³-hybridized carbons (Fsp3) is 0.364. The lowest BCUT2D eigenvalue weighted by Gasteiger charge is -2.11. The second-order valence-electron chi connectivity index (χ2n) is 3.03. The first kappa shape index (κ1) is 11.1. The van der Waals surface area contributed by atoms with Gasteiger partial charge in [-0.2, -0.15) is 12.6 Å². The van der Waals surface area contributed by atoms with E-state index in [1.54, 1.807) is 12.2 Å². The van der Waals surface area contributed by atoms with E-state index in [1.165, 1.54) is 0 Å². The molecule has 0 saturated heterocycles. The van der Waals surface area contributed by atoms with Gasteiger partial charge in [0, 0.05) is 10.8 Å². The molecule has 1 aliphatic carbocycles. The van der Waals surface area contributed by atoms with Gasteiger partial charge in [0.05, 0.1) is 0 Å². The predicted molar refractivity (Wildman–Crippen MR) is 60.4 cm³/mol. The Morgan fingerprint density at radius 1 is 1.79 bits per heavy atom. The zero-order valence-corrected chi connectivity index (χ0v) is 8.87. The highest BCUT2D eigenvalue weighted by molar-refractivity contribution is 7.81. The summed E-state index contributed by atoms with van der Waals surface area (Å²) in [7, 11) is 0. The minimum atomic E-state index is -0.295. The molecule has 0 bridgehead atoms. The van der Waals surface area contributed by atoms with E-state index in [9.17, 15) is 4.79 Å². The van der Waals surface area contributed by atoms with E-state index in [2.05, 4.69) is 19.2 Å². The molecule has 0 aromatic heterocycles. The summed E-state index contributed by atoms with van der Waals surface area (Å²) in [5.74, 6) is -0.295. The molecule has 0 N–H and O–H groups in total. The Bertz CT molecular complexity index is 279. The molecule has 0 aliphatic heterocycles. The first-order chi connectivity index (χ1) is 6.75. The summed E-state index contributed by atoms with van der Waals surface area (Å²) in [5, 5.41) is -0.0256. The Kier molecular flexibility index (Phi) is 4.53. The number of hydrogen-bond donors (Lipinski definition) is 1. The van der Waals surface area contributed by atoms with Crippen LogP contribution in [0.4, 0.5) is 0 Å². The molecule has 0 radical (unpaired) electrons. The quantitative estimate of drug-likeness (QED) is 0.439. The summed E-state index contributed by atoms with van der Waals surface area (Å²) in [6.07, 6.45) is 9.05. The Hall–Kier alpha value is -0.960. The van der Waals surface area contributed by atoms with Crippen LogP contribution >= 0.6 is 12.6 Å². The zero-order valence-electron chi connectivity index (χ0n) is 7.98. The molecule has 0 aromatic carbocycles. The van der Waals surface area contributed by atoms with Gasteiger partial charge in [0.25, 0.3) is 0 Å². The molecule has 0 heterocycles. The maximum absolute atomic E-state index is 11.5. The molecular formula is C11H14O2S. The summed E-state index contributed by atoms with van der Waals surface area (Å²) < 4.78 is 4.95. The topological polar surface area (TPSA) is 26.3 Å². The maximum atomic E-state index is 11.5. The molecule has 0 spiro atoms. The first-order valence-electron chi connectivity index (χ1n) is 4.58.